The van der Waals surface area contributed by atoms with Crippen molar-refractivity contribution in [3.63, 3.8) is 0 Å². The van der Waals surface area contributed by atoms with E-state index in [2.05, 4.69) is 21.3 Å². The van der Waals surface area contributed by atoms with Gasteiger partial charge in [-0.2, -0.15) is 0 Å². The number of rotatable bonds is 4. The van der Waals surface area contributed by atoms with Crippen LogP contribution in [0.15, 0.2) is 24.3 Å². The molecule has 0 radical (unpaired) electrons. The molecule has 0 heterocycles. The maximum atomic E-state index is 11.5. The lowest BCUT2D eigenvalue weighted by molar-refractivity contribution is 0.250. The third kappa shape index (κ3) is 5.76. The van der Waals surface area contributed by atoms with E-state index >= 15 is 0 Å². The van der Waals surface area contributed by atoms with E-state index in [9.17, 15) is 9.59 Å². The number of carbonyl (C=O) groups is 2. The van der Waals surface area contributed by atoms with Crippen LogP contribution >= 0.6 is 0 Å². The van der Waals surface area contributed by atoms with Crippen molar-refractivity contribution in [2.24, 2.45) is 0 Å². The van der Waals surface area contributed by atoms with E-state index in [-0.39, 0.29) is 18.1 Å². The number of anilines is 2. The van der Waals surface area contributed by atoms with Gasteiger partial charge < -0.3 is 21.3 Å². The van der Waals surface area contributed by atoms with Crippen molar-refractivity contribution in [1.82, 2.24) is 10.6 Å². The lowest BCUT2D eigenvalue weighted by Gasteiger charge is -2.11. The number of urea groups is 2. The van der Waals surface area contributed by atoms with Crippen molar-refractivity contribution < 1.29 is 9.59 Å². The lowest BCUT2D eigenvalue weighted by Crippen LogP contribution is -2.34. The number of carbonyl (C=O) groups excluding carboxylic acids is 2. The van der Waals surface area contributed by atoms with Gasteiger partial charge >= 0.3 is 12.1 Å². The van der Waals surface area contributed by atoms with Crippen molar-refractivity contribution in [2.45, 2.75) is 26.8 Å². The number of hydrogen-bond donors (Lipinski definition) is 4. The van der Waals surface area contributed by atoms with Gasteiger partial charge in [0.25, 0.3) is 0 Å². The highest BCUT2D eigenvalue weighted by Gasteiger charge is 2.05. The largest absolute Gasteiger partial charge is 0.338 e. The van der Waals surface area contributed by atoms with Gasteiger partial charge in [-0.3, -0.25) is 0 Å². The van der Waals surface area contributed by atoms with Crippen molar-refractivity contribution in [3.05, 3.63) is 24.3 Å². The quantitative estimate of drug-likeness (QED) is 0.673. The van der Waals surface area contributed by atoms with E-state index in [0.717, 1.165) is 0 Å². The van der Waals surface area contributed by atoms with Crippen LogP contribution in [-0.2, 0) is 0 Å². The highest BCUT2D eigenvalue weighted by molar-refractivity contribution is 5.92. The molecule has 0 aliphatic rings. The Labute approximate surface area is 113 Å². The zero-order valence-electron chi connectivity index (χ0n) is 11.4. The van der Waals surface area contributed by atoms with Crippen LogP contribution in [0.1, 0.15) is 20.8 Å². The Morgan fingerprint density at radius 3 is 2.21 bits per heavy atom. The fourth-order valence-electron chi connectivity index (χ4n) is 1.44. The smallest absolute Gasteiger partial charge is 0.319 e. The van der Waals surface area contributed by atoms with E-state index in [1.165, 1.54) is 0 Å². The Kier molecular flexibility index (Phi) is 5.66. The first-order valence-electron chi connectivity index (χ1n) is 6.23. The third-order valence-electron chi connectivity index (χ3n) is 2.14. The minimum absolute atomic E-state index is 0.0663. The highest BCUT2D eigenvalue weighted by Crippen LogP contribution is 2.14. The molecule has 19 heavy (non-hydrogen) atoms. The van der Waals surface area contributed by atoms with Gasteiger partial charge in [-0.25, -0.2) is 9.59 Å². The van der Waals surface area contributed by atoms with Crippen LogP contribution in [0, 0.1) is 0 Å². The molecule has 0 saturated carbocycles. The van der Waals surface area contributed by atoms with Crippen molar-refractivity contribution in [3.8, 4) is 0 Å². The topological polar surface area (TPSA) is 82.3 Å². The van der Waals surface area contributed by atoms with Gasteiger partial charge in [0.1, 0.15) is 0 Å². The molecular formula is C13H20N4O2. The minimum Gasteiger partial charge on any atom is -0.338 e. The molecule has 1 aromatic carbocycles. The van der Waals surface area contributed by atoms with E-state index in [1.54, 1.807) is 24.3 Å². The summed E-state index contributed by atoms with van der Waals surface area (Å²) < 4.78 is 0. The van der Waals surface area contributed by atoms with Gasteiger partial charge in [0, 0.05) is 24.0 Å². The van der Waals surface area contributed by atoms with Gasteiger partial charge in [0.05, 0.1) is 0 Å². The summed E-state index contributed by atoms with van der Waals surface area (Å²) in [6.07, 6.45) is 0. The summed E-state index contributed by atoms with van der Waals surface area (Å²) in [4.78, 5) is 22.9. The number of benzene rings is 1. The van der Waals surface area contributed by atoms with Crippen LogP contribution in [-0.4, -0.2) is 24.6 Å². The maximum absolute atomic E-state index is 11.5. The summed E-state index contributed by atoms with van der Waals surface area (Å²) in [5.41, 5.74) is 1.24. The number of nitrogens with one attached hydrogen (secondary N) is 4. The van der Waals surface area contributed by atoms with E-state index in [1.807, 2.05) is 20.8 Å². The second-order valence-corrected chi connectivity index (χ2v) is 4.32. The molecule has 1 aromatic rings. The summed E-state index contributed by atoms with van der Waals surface area (Å²) in [6.45, 7) is 6.16. The molecule has 104 valence electrons. The standard InChI is InChI=1S/C13H20N4O2/c1-4-14-12(18)16-10-6-5-7-11(8-10)17-13(19)15-9(2)3/h5-9H,4H2,1-3H3,(H2,14,16,18)(H2,15,17,19). The molecule has 1 rings (SSSR count). The van der Waals surface area contributed by atoms with Gasteiger partial charge in [-0.1, -0.05) is 6.07 Å². The van der Waals surface area contributed by atoms with E-state index < -0.39 is 0 Å². The number of hydrogen-bond acceptors (Lipinski definition) is 2. The highest BCUT2D eigenvalue weighted by atomic mass is 16.2. The predicted octanol–water partition coefficient (Wildman–Crippen LogP) is 2.36. The average Bonchev–Trinajstić information content (AvgIpc) is 2.28. The normalized spacial score (nSPS) is 9.89. The van der Waals surface area contributed by atoms with Gasteiger partial charge in [-0.05, 0) is 39.0 Å². The fourth-order valence-corrected chi connectivity index (χ4v) is 1.44. The van der Waals surface area contributed by atoms with Gasteiger partial charge in [0.2, 0.25) is 0 Å². The van der Waals surface area contributed by atoms with Gasteiger partial charge in [-0.15, -0.1) is 0 Å². The first kappa shape index (κ1) is 14.8. The maximum Gasteiger partial charge on any atom is 0.319 e. The lowest BCUT2D eigenvalue weighted by atomic mass is 10.3. The Morgan fingerprint density at radius 1 is 1.11 bits per heavy atom. The summed E-state index contributed by atoms with van der Waals surface area (Å²) >= 11 is 0. The van der Waals surface area contributed by atoms with Crippen molar-refractivity contribution in [1.29, 1.82) is 0 Å². The Bertz CT molecular complexity index is 446. The predicted molar refractivity (Wildman–Crippen MR) is 76.4 cm³/mol. The molecule has 4 N–H and O–H groups in total. The van der Waals surface area contributed by atoms with Crippen LogP contribution in [0.2, 0.25) is 0 Å². The van der Waals surface area contributed by atoms with Gasteiger partial charge in [0.15, 0.2) is 0 Å². The van der Waals surface area contributed by atoms with E-state index in [0.29, 0.717) is 17.9 Å². The summed E-state index contributed by atoms with van der Waals surface area (Å²) in [5.74, 6) is 0. The Morgan fingerprint density at radius 2 is 1.68 bits per heavy atom. The van der Waals surface area contributed by atoms with Crippen LogP contribution in [0.25, 0.3) is 0 Å². The first-order valence-corrected chi connectivity index (χ1v) is 6.23. The third-order valence-corrected chi connectivity index (χ3v) is 2.14. The number of amides is 4. The Hall–Kier alpha value is -2.24. The van der Waals surface area contributed by atoms with Crippen molar-refractivity contribution >= 4 is 23.4 Å². The molecule has 4 amide bonds. The Balaban J connectivity index is 2.61. The van der Waals surface area contributed by atoms with Crippen LogP contribution < -0.4 is 21.3 Å². The molecule has 0 saturated heterocycles. The molecule has 0 aliphatic carbocycles. The molecule has 6 nitrogen and oxygen atoms in total. The zero-order valence-corrected chi connectivity index (χ0v) is 11.4. The van der Waals surface area contributed by atoms with E-state index in [4.69, 9.17) is 0 Å². The zero-order chi connectivity index (χ0) is 14.3. The van der Waals surface area contributed by atoms with Crippen molar-refractivity contribution in [2.75, 3.05) is 17.2 Å². The molecule has 0 aromatic heterocycles. The summed E-state index contributed by atoms with van der Waals surface area (Å²) in [7, 11) is 0. The average molecular weight is 264 g/mol. The molecule has 0 fully saturated rings. The molecule has 0 aliphatic heterocycles. The van der Waals surface area contributed by atoms with Crippen LogP contribution in [0.3, 0.4) is 0 Å². The molecule has 0 bridgehead atoms. The molecule has 0 unspecified atom stereocenters. The molecular weight excluding hydrogens is 244 g/mol. The van der Waals surface area contributed by atoms with Crippen LogP contribution in [0.5, 0.6) is 0 Å². The molecule has 6 heteroatoms. The van der Waals surface area contributed by atoms with Crippen LogP contribution in [0.4, 0.5) is 21.0 Å². The SMILES string of the molecule is CCNC(=O)Nc1cccc(NC(=O)NC(C)C)c1. The minimum atomic E-state index is -0.273. The summed E-state index contributed by atoms with van der Waals surface area (Å²) in [6, 6.07) is 6.47. The fraction of sp³-hybridized carbons (Fsp3) is 0.385. The second-order valence-electron chi connectivity index (χ2n) is 4.32. The first-order chi connectivity index (χ1) is 9.01. The molecule has 0 spiro atoms. The molecule has 0 atom stereocenters. The summed E-state index contributed by atoms with van der Waals surface area (Å²) in [5, 5.41) is 10.7. The second kappa shape index (κ2) is 7.25. The monoisotopic (exact) mass is 264 g/mol.